The van der Waals surface area contributed by atoms with Crippen molar-refractivity contribution < 1.29 is 43.0 Å². The van der Waals surface area contributed by atoms with Crippen LogP contribution >= 0.6 is 0 Å². The molecule has 41 heavy (non-hydrogen) atoms. The summed E-state index contributed by atoms with van der Waals surface area (Å²) in [5.41, 5.74) is -1.61. The van der Waals surface area contributed by atoms with Gasteiger partial charge >= 0.3 is 13.1 Å². The van der Waals surface area contributed by atoms with E-state index in [1.54, 1.807) is 18.0 Å². The lowest BCUT2D eigenvalue weighted by molar-refractivity contribution is -0.213. The summed E-state index contributed by atoms with van der Waals surface area (Å²) in [5.74, 6) is -2.22. The normalized spacial score (nSPS) is 39.9. The Kier molecular flexibility index (Phi) is 6.82. The predicted octanol–water partition coefficient (Wildman–Crippen LogP) is 2.13. The van der Waals surface area contributed by atoms with Crippen LogP contribution in [-0.4, -0.2) is 71.2 Å². The fraction of sp³-hybridized carbons (Fsp3) is 0.700. The standard InChI is InChI=1S/C30H39BFNO8/c1-16-7-10-29-11-8-19(34)26(29)28(16,3)21(13-30(27(37)17(29)2)12-9-22(35)33(30)4)41-23(36)15-39-20-6-5-18-14-40-31(38)24(18)25(20)32/h5-6,16-17,21,26-27,37-38H,7-15H2,1-4H3/t16-,17+,21-,26?,27+,28+,29+,30+/m1/s1. The van der Waals surface area contributed by atoms with Crippen molar-refractivity contribution in [1.82, 2.24) is 4.90 Å². The molecule has 2 aliphatic heterocycles. The van der Waals surface area contributed by atoms with E-state index in [-0.39, 0.29) is 47.8 Å². The number of likely N-dealkylation sites (tertiary alicyclic amines) is 1. The zero-order valence-electron chi connectivity index (χ0n) is 24.2. The monoisotopic (exact) mass is 571 g/mol. The number of aliphatic hydroxyl groups excluding tert-OH is 1. The molecule has 0 radical (unpaired) electrons. The van der Waals surface area contributed by atoms with Crippen LogP contribution in [-0.2, 0) is 30.4 Å². The molecule has 8 atom stereocenters. The van der Waals surface area contributed by atoms with Gasteiger partial charge in [0.1, 0.15) is 11.9 Å². The Bertz CT molecular complexity index is 1290. The van der Waals surface area contributed by atoms with Crippen molar-refractivity contribution in [2.75, 3.05) is 13.7 Å². The Morgan fingerprint density at radius 1 is 1.22 bits per heavy atom. The van der Waals surface area contributed by atoms with Gasteiger partial charge in [0, 0.05) is 43.1 Å². The molecule has 9 nitrogen and oxygen atoms in total. The molecular weight excluding hydrogens is 532 g/mol. The molecule has 11 heteroatoms. The maximum atomic E-state index is 15.0. The number of halogens is 1. The summed E-state index contributed by atoms with van der Waals surface area (Å²) >= 11 is 0. The number of esters is 1. The Morgan fingerprint density at radius 2 is 1.98 bits per heavy atom. The lowest BCUT2D eigenvalue weighted by Gasteiger charge is -2.62. The van der Waals surface area contributed by atoms with Crippen molar-refractivity contribution in [3.8, 4) is 5.75 Å². The number of benzene rings is 1. The van der Waals surface area contributed by atoms with Gasteiger partial charge in [-0.15, -0.1) is 0 Å². The molecule has 1 amide bonds. The molecule has 222 valence electrons. The smallest absolute Gasteiger partial charge is 0.479 e. The van der Waals surface area contributed by atoms with Crippen molar-refractivity contribution in [3.05, 3.63) is 23.5 Å². The molecule has 6 rings (SSSR count). The summed E-state index contributed by atoms with van der Waals surface area (Å²) in [6, 6.07) is 2.97. The number of rotatable bonds is 4. The lowest BCUT2D eigenvalue weighted by Crippen LogP contribution is -2.68. The minimum absolute atomic E-state index is 0.00509. The van der Waals surface area contributed by atoms with Crippen LogP contribution in [0.5, 0.6) is 5.75 Å². The number of hydrogen-bond acceptors (Lipinski definition) is 8. The molecule has 2 heterocycles. The highest BCUT2D eigenvalue weighted by molar-refractivity contribution is 6.61. The average Bonchev–Trinajstić information content (AvgIpc) is 3.59. The highest BCUT2D eigenvalue weighted by atomic mass is 19.1. The van der Waals surface area contributed by atoms with Gasteiger partial charge in [-0.25, -0.2) is 9.18 Å². The number of amides is 1. The lowest BCUT2D eigenvalue weighted by atomic mass is 9.44. The van der Waals surface area contributed by atoms with Crippen LogP contribution in [0.25, 0.3) is 0 Å². The van der Waals surface area contributed by atoms with Crippen molar-refractivity contribution in [1.29, 1.82) is 0 Å². The van der Waals surface area contributed by atoms with E-state index in [1.807, 2.05) is 13.8 Å². The number of likely N-dealkylation sites (N-methyl/N-ethyl adjacent to an activating group) is 1. The van der Waals surface area contributed by atoms with Gasteiger partial charge < -0.3 is 29.2 Å². The van der Waals surface area contributed by atoms with Gasteiger partial charge in [-0.3, -0.25) is 9.59 Å². The van der Waals surface area contributed by atoms with Gasteiger partial charge in [0.05, 0.1) is 18.2 Å². The van der Waals surface area contributed by atoms with E-state index in [9.17, 15) is 24.5 Å². The zero-order chi connectivity index (χ0) is 29.5. The third kappa shape index (κ3) is 3.94. The van der Waals surface area contributed by atoms with E-state index >= 15 is 4.39 Å². The largest absolute Gasteiger partial charge is 0.494 e. The van der Waals surface area contributed by atoms with E-state index in [2.05, 4.69) is 6.92 Å². The number of aliphatic hydroxyl groups is 1. The first kappa shape index (κ1) is 28.6. The fourth-order valence-corrected chi connectivity index (χ4v) is 9.30. The van der Waals surface area contributed by atoms with E-state index in [4.69, 9.17) is 14.1 Å². The number of nitrogens with zero attached hydrogens (tertiary/aromatic N) is 1. The van der Waals surface area contributed by atoms with Gasteiger partial charge in [0.15, 0.2) is 18.2 Å². The third-order valence-electron chi connectivity index (χ3n) is 11.9. The fourth-order valence-electron chi connectivity index (χ4n) is 9.30. The summed E-state index contributed by atoms with van der Waals surface area (Å²) in [5, 5.41) is 22.0. The second kappa shape index (κ2) is 9.78. The minimum Gasteiger partial charge on any atom is -0.479 e. The Labute approximate surface area is 239 Å². The highest BCUT2D eigenvalue weighted by Gasteiger charge is 2.70. The molecular formula is C30H39BFNO8. The molecule has 1 spiro atoms. The van der Waals surface area contributed by atoms with Gasteiger partial charge in [-0.05, 0) is 54.6 Å². The number of Topliss-reactive ketones (excluding diaryl/α,β-unsaturated/α-hetero) is 1. The molecule has 1 aromatic rings. The van der Waals surface area contributed by atoms with Gasteiger partial charge in [0.25, 0.3) is 0 Å². The first-order chi connectivity index (χ1) is 19.4. The number of ketones is 1. The SMILES string of the molecule is C[C@@H]1CC[C@@]23CCC(=O)C2[C@]1(C)[C@H](OC(=O)COc1ccc2c(c1F)B(O)OC2)C[C@@]1(CCC(=O)N1C)[C@@H](O)[C@@H]3C. The summed E-state index contributed by atoms with van der Waals surface area (Å²) in [6.45, 7) is 5.66. The number of ether oxygens (including phenoxy) is 2. The molecule has 4 fully saturated rings. The van der Waals surface area contributed by atoms with Crippen molar-refractivity contribution in [3.63, 3.8) is 0 Å². The Balaban J connectivity index is 1.34. The van der Waals surface area contributed by atoms with Crippen LogP contribution in [0.1, 0.15) is 71.3 Å². The molecule has 2 bridgehead atoms. The van der Waals surface area contributed by atoms with Crippen molar-refractivity contribution in [2.24, 2.45) is 28.6 Å². The van der Waals surface area contributed by atoms with Crippen LogP contribution in [0.15, 0.2) is 12.1 Å². The number of hydrogen-bond donors (Lipinski definition) is 2. The molecule has 5 aliphatic rings. The van der Waals surface area contributed by atoms with Crippen LogP contribution in [0.4, 0.5) is 4.39 Å². The first-order valence-corrected chi connectivity index (χ1v) is 14.8. The quantitative estimate of drug-likeness (QED) is 0.417. The second-order valence-electron chi connectivity index (χ2n) is 13.3. The maximum absolute atomic E-state index is 15.0. The third-order valence-corrected chi connectivity index (χ3v) is 11.9. The van der Waals surface area contributed by atoms with Gasteiger partial charge in [-0.1, -0.05) is 26.8 Å². The van der Waals surface area contributed by atoms with Crippen LogP contribution in [0.3, 0.4) is 0 Å². The second-order valence-corrected chi connectivity index (χ2v) is 13.3. The molecule has 0 aromatic heterocycles. The highest BCUT2D eigenvalue weighted by Crippen LogP contribution is 2.68. The molecule has 1 saturated heterocycles. The van der Waals surface area contributed by atoms with Crippen LogP contribution in [0.2, 0.25) is 0 Å². The zero-order valence-corrected chi connectivity index (χ0v) is 24.2. The van der Waals surface area contributed by atoms with Crippen molar-refractivity contribution >= 4 is 30.2 Å². The summed E-state index contributed by atoms with van der Waals surface area (Å²) < 4.78 is 31.9. The van der Waals surface area contributed by atoms with Gasteiger partial charge in [0.2, 0.25) is 5.91 Å². The molecule has 3 aliphatic carbocycles. The molecule has 3 saturated carbocycles. The number of carbonyl (C=O) groups excluding carboxylic acids is 3. The molecule has 1 aromatic carbocycles. The van der Waals surface area contributed by atoms with Gasteiger partial charge in [-0.2, -0.15) is 0 Å². The van der Waals surface area contributed by atoms with E-state index in [0.29, 0.717) is 31.2 Å². The maximum Gasteiger partial charge on any atom is 0.494 e. The Hall–Kier alpha value is -2.50. The number of fused-ring (bicyclic) bond motifs is 1. The first-order valence-electron chi connectivity index (χ1n) is 14.8. The molecule has 1 unspecified atom stereocenters. The Morgan fingerprint density at radius 3 is 2.68 bits per heavy atom. The molecule has 2 N–H and O–H groups in total. The van der Waals surface area contributed by atoms with Crippen LogP contribution in [0, 0.1) is 34.4 Å². The summed E-state index contributed by atoms with van der Waals surface area (Å²) in [6.07, 6.45) is 1.96. The van der Waals surface area contributed by atoms with E-state index < -0.39 is 60.0 Å². The summed E-state index contributed by atoms with van der Waals surface area (Å²) in [7, 11) is 0.309. The average molecular weight is 571 g/mol. The van der Waals surface area contributed by atoms with E-state index in [1.165, 1.54) is 6.07 Å². The summed E-state index contributed by atoms with van der Waals surface area (Å²) in [4.78, 5) is 41.5. The predicted molar refractivity (Wildman–Crippen MR) is 145 cm³/mol. The van der Waals surface area contributed by atoms with Crippen molar-refractivity contribution in [2.45, 2.75) is 90.1 Å². The minimum atomic E-state index is -1.40. The van der Waals surface area contributed by atoms with Crippen LogP contribution < -0.4 is 10.2 Å². The topological polar surface area (TPSA) is 123 Å². The number of carbonyl (C=O) groups is 3. The van der Waals surface area contributed by atoms with E-state index in [0.717, 1.165) is 12.8 Å².